The van der Waals surface area contributed by atoms with Crippen molar-refractivity contribution in [1.29, 1.82) is 0 Å². The van der Waals surface area contributed by atoms with Crippen molar-refractivity contribution in [1.82, 2.24) is 4.98 Å². The molecule has 0 saturated heterocycles. The first-order chi connectivity index (χ1) is 9.72. The molecule has 0 saturated carbocycles. The van der Waals surface area contributed by atoms with Gasteiger partial charge in [-0.3, -0.25) is 9.98 Å². The molecular formula is C18H16N2. The Morgan fingerprint density at radius 1 is 1.30 bits per heavy atom. The van der Waals surface area contributed by atoms with Crippen LogP contribution in [0.15, 0.2) is 65.8 Å². The fourth-order valence-electron chi connectivity index (χ4n) is 2.28. The minimum absolute atomic E-state index is 0.726. The minimum Gasteiger partial charge on any atom is -0.288 e. The molecule has 2 nitrogen and oxygen atoms in total. The van der Waals surface area contributed by atoms with E-state index >= 15 is 0 Å². The summed E-state index contributed by atoms with van der Waals surface area (Å²) in [6.45, 7) is 6.95. The third-order valence-electron chi connectivity index (χ3n) is 3.32. The molecule has 1 aromatic carbocycles. The van der Waals surface area contributed by atoms with Crippen LogP contribution in [0.5, 0.6) is 0 Å². The van der Waals surface area contributed by atoms with Crippen molar-refractivity contribution in [2.24, 2.45) is 4.99 Å². The second kappa shape index (κ2) is 5.25. The van der Waals surface area contributed by atoms with E-state index in [-0.39, 0.29) is 0 Å². The molecule has 20 heavy (non-hydrogen) atoms. The molecule has 1 aliphatic rings. The van der Waals surface area contributed by atoms with Crippen molar-refractivity contribution in [3.63, 3.8) is 0 Å². The quantitative estimate of drug-likeness (QED) is 0.797. The Morgan fingerprint density at radius 2 is 2.20 bits per heavy atom. The molecule has 98 valence electrons. The van der Waals surface area contributed by atoms with Crippen LogP contribution in [-0.4, -0.2) is 17.7 Å². The van der Waals surface area contributed by atoms with Crippen LogP contribution in [0.25, 0.3) is 16.5 Å². The number of aromatic nitrogens is 1. The topological polar surface area (TPSA) is 25.2 Å². The molecule has 2 aromatic rings. The van der Waals surface area contributed by atoms with Gasteiger partial charge >= 0.3 is 0 Å². The number of hydrogen-bond acceptors (Lipinski definition) is 2. The lowest BCUT2D eigenvalue weighted by atomic mass is 10.0. The Bertz CT molecular complexity index is 764. The zero-order chi connectivity index (χ0) is 13.9. The molecule has 0 spiro atoms. The van der Waals surface area contributed by atoms with Crippen LogP contribution >= 0.6 is 0 Å². The molecular weight excluding hydrogens is 244 g/mol. The first kappa shape index (κ1) is 12.5. The number of benzene rings is 1. The number of allylic oxidation sites excluding steroid dienone is 3. The van der Waals surface area contributed by atoms with Gasteiger partial charge in [0.25, 0.3) is 0 Å². The van der Waals surface area contributed by atoms with Crippen LogP contribution in [0.3, 0.4) is 0 Å². The summed E-state index contributed by atoms with van der Waals surface area (Å²) in [4.78, 5) is 8.66. The predicted octanol–water partition coefficient (Wildman–Crippen LogP) is 4.12. The average molecular weight is 260 g/mol. The molecule has 0 fully saturated rings. The van der Waals surface area contributed by atoms with Gasteiger partial charge in [0.15, 0.2) is 0 Å². The zero-order valence-corrected chi connectivity index (χ0v) is 11.5. The van der Waals surface area contributed by atoms with Crippen LogP contribution in [0.2, 0.25) is 0 Å². The summed E-state index contributed by atoms with van der Waals surface area (Å²) in [6, 6.07) is 8.41. The van der Waals surface area contributed by atoms with Gasteiger partial charge in [-0.15, -0.1) is 0 Å². The van der Waals surface area contributed by atoms with E-state index in [1.165, 1.54) is 11.1 Å². The summed E-state index contributed by atoms with van der Waals surface area (Å²) in [5, 5.41) is 1.15. The highest BCUT2D eigenvalue weighted by molar-refractivity contribution is 5.86. The molecule has 0 N–H and O–H groups in total. The molecule has 1 aliphatic heterocycles. The summed E-state index contributed by atoms with van der Waals surface area (Å²) < 4.78 is 0. The SMILES string of the molecule is C=C(/C=C1/C=CC=NC1)c1ccc2ncc(C)cc2c1. The molecule has 0 aliphatic carbocycles. The number of aryl methyl sites for hydroxylation is 1. The van der Waals surface area contributed by atoms with Crippen LogP contribution in [-0.2, 0) is 0 Å². The number of aliphatic imine (C=N–C) groups is 1. The van der Waals surface area contributed by atoms with Gasteiger partial charge in [0.2, 0.25) is 0 Å². The Morgan fingerprint density at radius 3 is 3.00 bits per heavy atom. The van der Waals surface area contributed by atoms with Crippen LogP contribution < -0.4 is 0 Å². The summed E-state index contributed by atoms with van der Waals surface area (Å²) in [6.07, 6.45) is 9.84. The van der Waals surface area contributed by atoms with E-state index in [2.05, 4.69) is 53.8 Å². The van der Waals surface area contributed by atoms with Gasteiger partial charge in [0.05, 0.1) is 12.1 Å². The third-order valence-corrected chi connectivity index (χ3v) is 3.32. The highest BCUT2D eigenvalue weighted by Crippen LogP contribution is 2.22. The Kier molecular flexibility index (Phi) is 3.30. The lowest BCUT2D eigenvalue weighted by Gasteiger charge is -2.07. The summed E-state index contributed by atoms with van der Waals surface area (Å²) >= 11 is 0. The van der Waals surface area contributed by atoms with Gasteiger partial charge in [-0.25, -0.2) is 0 Å². The summed E-state index contributed by atoms with van der Waals surface area (Å²) in [7, 11) is 0. The minimum atomic E-state index is 0.726. The highest BCUT2D eigenvalue weighted by atomic mass is 14.7. The first-order valence-electron chi connectivity index (χ1n) is 6.65. The predicted molar refractivity (Wildman–Crippen MR) is 86.1 cm³/mol. The summed E-state index contributed by atoms with van der Waals surface area (Å²) in [5.74, 6) is 0. The van der Waals surface area contributed by atoms with E-state index < -0.39 is 0 Å². The number of rotatable bonds is 2. The number of pyridine rings is 1. The largest absolute Gasteiger partial charge is 0.288 e. The van der Waals surface area contributed by atoms with Crippen molar-refractivity contribution in [3.05, 3.63) is 72.0 Å². The van der Waals surface area contributed by atoms with Crippen molar-refractivity contribution >= 4 is 22.7 Å². The number of dihydropyridines is 1. The van der Waals surface area contributed by atoms with E-state index in [9.17, 15) is 0 Å². The van der Waals surface area contributed by atoms with Crippen LogP contribution in [0, 0.1) is 6.92 Å². The maximum Gasteiger partial charge on any atom is 0.0702 e. The second-order valence-corrected chi connectivity index (χ2v) is 5.01. The fraction of sp³-hybridized carbons (Fsp3) is 0.111. The summed E-state index contributed by atoms with van der Waals surface area (Å²) in [5.41, 5.74) is 5.50. The molecule has 0 atom stereocenters. The van der Waals surface area contributed by atoms with Crippen LogP contribution in [0.4, 0.5) is 0 Å². The zero-order valence-electron chi connectivity index (χ0n) is 11.5. The Labute approximate surface area is 118 Å². The van der Waals surface area contributed by atoms with Gasteiger partial charge in [-0.2, -0.15) is 0 Å². The van der Waals surface area contributed by atoms with E-state index in [0.717, 1.165) is 28.6 Å². The van der Waals surface area contributed by atoms with Crippen molar-refractivity contribution in [2.75, 3.05) is 6.54 Å². The van der Waals surface area contributed by atoms with E-state index in [0.29, 0.717) is 0 Å². The van der Waals surface area contributed by atoms with Gasteiger partial charge in [-0.05, 0) is 59.5 Å². The lowest BCUT2D eigenvalue weighted by molar-refractivity contribution is 1.18. The normalized spacial score (nSPS) is 15.9. The number of hydrogen-bond donors (Lipinski definition) is 0. The smallest absolute Gasteiger partial charge is 0.0702 e. The molecule has 3 rings (SSSR count). The maximum absolute atomic E-state index is 4.42. The van der Waals surface area contributed by atoms with Gasteiger partial charge in [0.1, 0.15) is 0 Å². The molecule has 0 radical (unpaired) electrons. The Hall–Kier alpha value is -2.48. The third kappa shape index (κ3) is 2.59. The van der Waals surface area contributed by atoms with E-state index in [1.807, 2.05) is 24.6 Å². The molecule has 1 aromatic heterocycles. The fourth-order valence-corrected chi connectivity index (χ4v) is 2.28. The monoisotopic (exact) mass is 260 g/mol. The van der Waals surface area contributed by atoms with Gasteiger partial charge in [-0.1, -0.05) is 18.7 Å². The molecule has 0 bridgehead atoms. The average Bonchev–Trinajstić information content (AvgIpc) is 2.47. The van der Waals surface area contributed by atoms with E-state index in [1.54, 1.807) is 0 Å². The lowest BCUT2D eigenvalue weighted by Crippen LogP contribution is -1.92. The molecule has 0 unspecified atom stereocenters. The second-order valence-electron chi connectivity index (χ2n) is 5.01. The van der Waals surface area contributed by atoms with Crippen LogP contribution in [0.1, 0.15) is 11.1 Å². The van der Waals surface area contributed by atoms with E-state index in [4.69, 9.17) is 0 Å². The first-order valence-corrected chi connectivity index (χ1v) is 6.65. The van der Waals surface area contributed by atoms with Gasteiger partial charge < -0.3 is 0 Å². The van der Waals surface area contributed by atoms with Crippen molar-refractivity contribution in [3.8, 4) is 0 Å². The Balaban J connectivity index is 1.95. The number of nitrogens with zero attached hydrogens (tertiary/aromatic N) is 2. The highest BCUT2D eigenvalue weighted by Gasteiger charge is 2.02. The maximum atomic E-state index is 4.42. The molecule has 2 heteroatoms. The molecule has 0 amide bonds. The standard InChI is InChI=1S/C18H16N2/c1-13-8-17-10-16(5-6-18(17)20-11-13)14(2)9-15-4-3-7-19-12-15/h3-11H,2,12H2,1H3/b15-9-. The van der Waals surface area contributed by atoms with Gasteiger partial charge in [0, 0.05) is 17.8 Å². The van der Waals surface area contributed by atoms with Crippen molar-refractivity contribution < 1.29 is 0 Å². The van der Waals surface area contributed by atoms with Crippen molar-refractivity contribution in [2.45, 2.75) is 6.92 Å². The number of fused-ring (bicyclic) bond motifs is 1. The molecule has 2 heterocycles.